The molecule has 1 heterocycles. The predicted octanol–water partition coefficient (Wildman–Crippen LogP) is 4.32. The molecule has 0 aliphatic carbocycles. The number of benzene rings is 2. The third-order valence-corrected chi connectivity index (χ3v) is 4.21. The first-order valence-corrected chi connectivity index (χ1v) is 7.81. The smallest absolute Gasteiger partial charge is 0.150 e. The summed E-state index contributed by atoms with van der Waals surface area (Å²) < 4.78 is 7.03. The minimum absolute atomic E-state index is 0.115. The lowest BCUT2D eigenvalue weighted by Crippen LogP contribution is -2.41. The van der Waals surface area contributed by atoms with Crippen LogP contribution in [0.15, 0.2) is 59.1 Å². The van der Waals surface area contributed by atoms with E-state index in [4.69, 9.17) is 4.74 Å². The van der Waals surface area contributed by atoms with Gasteiger partial charge in [-0.3, -0.25) is 5.32 Å². The van der Waals surface area contributed by atoms with Crippen LogP contribution in [0.25, 0.3) is 0 Å². The lowest BCUT2D eigenvalue weighted by atomic mass is 9.91. The summed E-state index contributed by atoms with van der Waals surface area (Å²) in [5, 5.41) is 3.50. The summed E-state index contributed by atoms with van der Waals surface area (Å²) in [5.74, 6) is 1.51. The van der Waals surface area contributed by atoms with Crippen molar-refractivity contribution in [2.24, 2.45) is 0 Å². The topological polar surface area (TPSA) is 21.3 Å². The fraction of sp³-hybridized carbons (Fsp3) is 0.294. The lowest BCUT2D eigenvalue weighted by molar-refractivity contribution is 0.125. The molecule has 3 heteroatoms. The van der Waals surface area contributed by atoms with Gasteiger partial charge >= 0.3 is 0 Å². The highest BCUT2D eigenvalue weighted by Gasteiger charge is 2.22. The van der Waals surface area contributed by atoms with Crippen LogP contribution in [-0.4, -0.2) is 12.8 Å². The molecule has 0 saturated carbocycles. The van der Waals surface area contributed by atoms with E-state index in [1.165, 1.54) is 5.56 Å². The molecule has 1 N–H and O–H groups in total. The Morgan fingerprint density at radius 2 is 1.85 bits per heavy atom. The highest BCUT2D eigenvalue weighted by molar-refractivity contribution is 9.10. The van der Waals surface area contributed by atoms with Crippen LogP contribution in [0.1, 0.15) is 24.3 Å². The first kappa shape index (κ1) is 13.7. The molecule has 2 unspecified atom stereocenters. The van der Waals surface area contributed by atoms with Crippen LogP contribution in [0.2, 0.25) is 0 Å². The number of halogens is 1. The third kappa shape index (κ3) is 3.41. The van der Waals surface area contributed by atoms with E-state index in [1.54, 1.807) is 0 Å². The van der Waals surface area contributed by atoms with Gasteiger partial charge in [0.15, 0.2) is 0 Å². The van der Waals surface area contributed by atoms with Crippen LogP contribution < -0.4 is 10.1 Å². The van der Waals surface area contributed by atoms with Crippen LogP contribution in [0, 0.1) is 0 Å². The second-order valence-electron chi connectivity index (χ2n) is 5.16. The molecule has 0 radical (unpaired) electrons. The van der Waals surface area contributed by atoms with E-state index in [-0.39, 0.29) is 6.23 Å². The molecule has 104 valence electrons. The number of nitrogens with one attached hydrogen (secondary N) is 1. The molecular weight excluding hydrogens is 314 g/mol. The Balaban J connectivity index is 1.56. The second kappa shape index (κ2) is 6.42. The number of hydrogen-bond donors (Lipinski definition) is 1. The van der Waals surface area contributed by atoms with Crippen LogP contribution >= 0.6 is 15.9 Å². The Bertz CT molecular complexity index is 550. The molecule has 0 amide bonds. The molecule has 2 nitrogen and oxygen atoms in total. The maximum absolute atomic E-state index is 5.98. The Hall–Kier alpha value is -1.32. The zero-order valence-corrected chi connectivity index (χ0v) is 12.8. The molecule has 2 aromatic carbocycles. The number of piperidine rings is 1. The van der Waals surface area contributed by atoms with Crippen LogP contribution in [0.4, 0.5) is 0 Å². The number of hydrogen-bond acceptors (Lipinski definition) is 2. The van der Waals surface area contributed by atoms with Crippen molar-refractivity contribution in [3.8, 4) is 5.75 Å². The van der Waals surface area contributed by atoms with E-state index in [0.29, 0.717) is 5.92 Å². The van der Waals surface area contributed by atoms with Gasteiger partial charge in [0.2, 0.25) is 0 Å². The molecule has 20 heavy (non-hydrogen) atoms. The van der Waals surface area contributed by atoms with E-state index in [0.717, 1.165) is 29.6 Å². The van der Waals surface area contributed by atoms with Crippen LogP contribution in [0.5, 0.6) is 5.75 Å². The molecule has 0 bridgehead atoms. The summed E-state index contributed by atoms with van der Waals surface area (Å²) in [6, 6.07) is 18.7. The quantitative estimate of drug-likeness (QED) is 0.904. The largest absolute Gasteiger partial charge is 0.475 e. The molecule has 1 aliphatic heterocycles. The van der Waals surface area contributed by atoms with Gasteiger partial charge in [-0.2, -0.15) is 0 Å². The first-order chi connectivity index (χ1) is 9.81. The summed E-state index contributed by atoms with van der Waals surface area (Å²) in [5.41, 5.74) is 1.42. The maximum Gasteiger partial charge on any atom is 0.150 e. The van der Waals surface area contributed by atoms with Crippen molar-refractivity contribution in [1.29, 1.82) is 0 Å². The molecule has 3 rings (SSSR count). The summed E-state index contributed by atoms with van der Waals surface area (Å²) in [7, 11) is 0. The predicted molar refractivity (Wildman–Crippen MR) is 85.0 cm³/mol. The van der Waals surface area contributed by atoms with Crippen molar-refractivity contribution in [1.82, 2.24) is 5.32 Å². The van der Waals surface area contributed by atoms with Crippen LogP contribution in [0.3, 0.4) is 0 Å². The molecular formula is C17H18BrNO. The molecule has 2 atom stereocenters. The van der Waals surface area contributed by atoms with Gasteiger partial charge in [-0.15, -0.1) is 0 Å². The average molecular weight is 332 g/mol. The molecule has 1 aliphatic rings. The second-order valence-corrected chi connectivity index (χ2v) is 6.07. The summed E-state index contributed by atoms with van der Waals surface area (Å²) in [6.07, 6.45) is 2.31. The fourth-order valence-corrected chi connectivity index (χ4v) is 3.02. The van der Waals surface area contributed by atoms with Crippen molar-refractivity contribution in [3.63, 3.8) is 0 Å². The van der Waals surface area contributed by atoms with Crippen molar-refractivity contribution < 1.29 is 4.74 Å². The SMILES string of the molecule is Brc1cccc(OC2CCC(c3ccccc3)CN2)c1. The Morgan fingerprint density at radius 1 is 1.00 bits per heavy atom. The highest BCUT2D eigenvalue weighted by atomic mass is 79.9. The van der Waals surface area contributed by atoms with Gasteiger partial charge in [-0.25, -0.2) is 0 Å². The Labute approximate surface area is 128 Å². The zero-order valence-electron chi connectivity index (χ0n) is 11.3. The normalized spacial score (nSPS) is 22.4. The molecule has 1 fully saturated rings. The number of rotatable bonds is 3. The van der Waals surface area contributed by atoms with Gasteiger partial charge in [0, 0.05) is 11.0 Å². The first-order valence-electron chi connectivity index (χ1n) is 7.02. The summed E-state index contributed by atoms with van der Waals surface area (Å²) in [4.78, 5) is 0. The van der Waals surface area contributed by atoms with E-state index in [2.05, 4.69) is 51.6 Å². The maximum atomic E-state index is 5.98. The molecule has 1 saturated heterocycles. The van der Waals surface area contributed by atoms with E-state index < -0.39 is 0 Å². The summed E-state index contributed by atoms with van der Waals surface area (Å²) >= 11 is 3.47. The minimum atomic E-state index is 0.115. The van der Waals surface area contributed by atoms with Gasteiger partial charge < -0.3 is 4.74 Å². The van der Waals surface area contributed by atoms with Crippen molar-refractivity contribution in [2.75, 3.05) is 6.54 Å². The van der Waals surface area contributed by atoms with E-state index in [9.17, 15) is 0 Å². The van der Waals surface area contributed by atoms with Gasteiger partial charge in [0.25, 0.3) is 0 Å². The van der Waals surface area contributed by atoms with Crippen molar-refractivity contribution in [3.05, 3.63) is 64.6 Å². The van der Waals surface area contributed by atoms with Gasteiger partial charge in [-0.05, 0) is 42.5 Å². The Morgan fingerprint density at radius 3 is 2.55 bits per heavy atom. The average Bonchev–Trinajstić information content (AvgIpc) is 2.49. The third-order valence-electron chi connectivity index (χ3n) is 3.71. The zero-order chi connectivity index (χ0) is 13.8. The van der Waals surface area contributed by atoms with Gasteiger partial charge in [0.1, 0.15) is 12.0 Å². The number of ether oxygens (including phenoxy) is 1. The summed E-state index contributed by atoms with van der Waals surface area (Å²) in [6.45, 7) is 0.975. The van der Waals surface area contributed by atoms with Crippen molar-refractivity contribution in [2.45, 2.75) is 25.0 Å². The lowest BCUT2D eigenvalue weighted by Gasteiger charge is -2.30. The standard InChI is InChI=1S/C17H18BrNO/c18-15-7-4-8-16(11-15)20-17-10-9-14(12-19-17)13-5-2-1-3-6-13/h1-8,11,14,17,19H,9-10,12H2. The minimum Gasteiger partial charge on any atom is -0.475 e. The van der Waals surface area contributed by atoms with Gasteiger partial charge in [-0.1, -0.05) is 52.3 Å². The van der Waals surface area contributed by atoms with Crippen molar-refractivity contribution >= 4 is 15.9 Å². The van der Waals surface area contributed by atoms with Gasteiger partial charge in [0.05, 0.1) is 0 Å². The van der Waals surface area contributed by atoms with E-state index >= 15 is 0 Å². The highest BCUT2D eigenvalue weighted by Crippen LogP contribution is 2.27. The van der Waals surface area contributed by atoms with E-state index in [1.807, 2.05) is 24.3 Å². The monoisotopic (exact) mass is 331 g/mol. The Kier molecular flexibility index (Phi) is 4.38. The molecule has 2 aromatic rings. The van der Waals surface area contributed by atoms with Crippen LogP contribution in [-0.2, 0) is 0 Å². The molecule has 0 spiro atoms. The fourth-order valence-electron chi connectivity index (χ4n) is 2.65. The molecule has 0 aromatic heterocycles.